The Morgan fingerprint density at radius 2 is 1.72 bits per heavy atom. The molecule has 0 amide bonds. The molecule has 0 aliphatic rings. The van der Waals surface area contributed by atoms with Gasteiger partial charge < -0.3 is 14.6 Å². The molecule has 0 spiro atoms. The molecule has 0 saturated heterocycles. The molecule has 0 fully saturated rings. The number of hydrogen-bond donors (Lipinski definition) is 3. The summed E-state index contributed by atoms with van der Waals surface area (Å²) < 4.78 is 35.2. The maximum atomic E-state index is 11.2. The minimum Gasteiger partial charge on any atom is -0.504 e. The topological polar surface area (TPSA) is 125 Å². The van der Waals surface area contributed by atoms with Crippen LogP contribution in [0.1, 0.15) is 5.56 Å². The van der Waals surface area contributed by atoms with E-state index in [2.05, 4.69) is 0 Å². The first-order valence-corrected chi connectivity index (χ1v) is 6.31. The molecule has 0 atom stereocenters. The van der Waals surface area contributed by atoms with Crippen LogP contribution in [0.3, 0.4) is 0 Å². The van der Waals surface area contributed by atoms with E-state index in [1.165, 1.54) is 0 Å². The van der Waals surface area contributed by atoms with Gasteiger partial charge in [0.05, 0.1) is 0 Å². The van der Waals surface area contributed by atoms with Crippen molar-refractivity contribution in [1.29, 1.82) is 0 Å². The molecule has 96 valence electrons. The molecule has 0 bridgehead atoms. The molecule has 0 aliphatic heterocycles. The lowest BCUT2D eigenvalue weighted by Crippen LogP contribution is -2.06. The van der Waals surface area contributed by atoms with Crippen LogP contribution in [-0.2, 0) is 15.9 Å². The summed E-state index contributed by atoms with van der Waals surface area (Å²) in [4.78, 5) is 11.2. The molecule has 0 radical (unpaired) electrons. The van der Waals surface area contributed by atoms with Crippen molar-refractivity contribution in [2.45, 2.75) is 5.75 Å². The fourth-order valence-electron chi connectivity index (χ4n) is 1.57. The van der Waals surface area contributed by atoms with Gasteiger partial charge in [0.25, 0.3) is 10.1 Å². The lowest BCUT2D eigenvalue weighted by molar-refractivity contribution is 0.403. The maximum absolute atomic E-state index is 11.2. The molecule has 1 aromatic carbocycles. The van der Waals surface area contributed by atoms with Gasteiger partial charge in [-0.05, 0) is 11.6 Å². The second-order valence-corrected chi connectivity index (χ2v) is 5.11. The van der Waals surface area contributed by atoms with Crippen LogP contribution in [-0.4, -0.2) is 23.2 Å². The third-order valence-electron chi connectivity index (χ3n) is 2.26. The van der Waals surface area contributed by atoms with Crippen LogP contribution in [0.2, 0.25) is 0 Å². The van der Waals surface area contributed by atoms with Crippen LogP contribution in [0.15, 0.2) is 27.4 Å². The average molecular weight is 272 g/mol. The van der Waals surface area contributed by atoms with Crippen molar-refractivity contribution >= 4 is 21.1 Å². The highest BCUT2D eigenvalue weighted by atomic mass is 32.2. The number of phenolic OH excluding ortho intramolecular Hbond substituents is 2. The Morgan fingerprint density at radius 1 is 1.11 bits per heavy atom. The van der Waals surface area contributed by atoms with Gasteiger partial charge in [0.1, 0.15) is 11.3 Å². The summed E-state index contributed by atoms with van der Waals surface area (Å²) in [5.74, 6) is -1.79. The lowest BCUT2D eigenvalue weighted by Gasteiger charge is -2.05. The zero-order chi connectivity index (χ0) is 13.5. The molecule has 3 N–H and O–H groups in total. The molecule has 1 heterocycles. The lowest BCUT2D eigenvalue weighted by atomic mass is 10.1. The van der Waals surface area contributed by atoms with Gasteiger partial charge in [0.15, 0.2) is 11.5 Å². The quantitative estimate of drug-likeness (QED) is 0.415. The molecule has 0 unspecified atom stereocenters. The number of benzene rings is 1. The smallest absolute Gasteiger partial charge is 0.336 e. The van der Waals surface area contributed by atoms with E-state index in [0.717, 1.165) is 18.2 Å². The summed E-state index contributed by atoms with van der Waals surface area (Å²) in [6, 6.07) is 2.93. The van der Waals surface area contributed by atoms with Gasteiger partial charge in [-0.3, -0.25) is 4.55 Å². The fourth-order valence-corrected chi connectivity index (χ4v) is 2.20. The van der Waals surface area contributed by atoms with Crippen LogP contribution >= 0.6 is 0 Å². The second kappa shape index (κ2) is 4.00. The number of rotatable bonds is 2. The van der Waals surface area contributed by atoms with Gasteiger partial charge in [0, 0.05) is 17.5 Å². The van der Waals surface area contributed by atoms with Crippen molar-refractivity contribution in [1.82, 2.24) is 0 Å². The number of aromatic hydroxyl groups is 2. The van der Waals surface area contributed by atoms with Gasteiger partial charge in [-0.15, -0.1) is 0 Å². The molecular formula is C10H8O7S. The van der Waals surface area contributed by atoms with E-state index in [1.54, 1.807) is 0 Å². The molecule has 2 aromatic rings. The first-order chi connectivity index (χ1) is 8.26. The van der Waals surface area contributed by atoms with Crippen molar-refractivity contribution < 1.29 is 27.6 Å². The number of phenols is 2. The van der Waals surface area contributed by atoms with E-state index < -0.39 is 33.0 Å². The number of hydrogen-bond acceptors (Lipinski definition) is 6. The first kappa shape index (κ1) is 12.4. The highest BCUT2D eigenvalue weighted by molar-refractivity contribution is 7.85. The van der Waals surface area contributed by atoms with Crippen molar-refractivity contribution in [3.63, 3.8) is 0 Å². The van der Waals surface area contributed by atoms with Gasteiger partial charge >= 0.3 is 5.63 Å². The summed E-state index contributed by atoms with van der Waals surface area (Å²) in [7, 11) is -4.33. The highest BCUT2D eigenvalue weighted by Crippen LogP contribution is 2.31. The van der Waals surface area contributed by atoms with Crippen molar-refractivity contribution in [2.75, 3.05) is 0 Å². The third kappa shape index (κ3) is 2.44. The Morgan fingerprint density at radius 3 is 2.33 bits per heavy atom. The van der Waals surface area contributed by atoms with Crippen LogP contribution in [0, 0.1) is 0 Å². The Hall–Kier alpha value is -2.06. The minimum atomic E-state index is -4.33. The van der Waals surface area contributed by atoms with E-state index in [0.29, 0.717) is 0 Å². The monoisotopic (exact) mass is 272 g/mol. The summed E-state index contributed by atoms with van der Waals surface area (Å²) in [6.07, 6.45) is 0. The summed E-state index contributed by atoms with van der Waals surface area (Å²) in [5.41, 5.74) is -0.943. The molecule has 8 heteroatoms. The van der Waals surface area contributed by atoms with Crippen LogP contribution in [0.25, 0.3) is 11.0 Å². The second-order valence-electron chi connectivity index (χ2n) is 3.65. The zero-order valence-corrected chi connectivity index (χ0v) is 9.64. The van der Waals surface area contributed by atoms with Crippen molar-refractivity contribution in [3.05, 3.63) is 34.2 Å². The average Bonchev–Trinajstić information content (AvgIpc) is 2.18. The van der Waals surface area contributed by atoms with Crippen LogP contribution in [0.4, 0.5) is 0 Å². The Bertz CT molecular complexity index is 773. The molecule has 0 aliphatic carbocycles. The van der Waals surface area contributed by atoms with E-state index in [-0.39, 0.29) is 16.5 Å². The fraction of sp³-hybridized carbons (Fsp3) is 0.100. The molecule has 2 rings (SSSR count). The largest absolute Gasteiger partial charge is 0.504 e. The van der Waals surface area contributed by atoms with Gasteiger partial charge in [-0.2, -0.15) is 8.42 Å². The predicted octanol–water partition coefficient (Wildman–Crippen LogP) is 0.592. The van der Waals surface area contributed by atoms with E-state index in [1.807, 2.05) is 0 Å². The van der Waals surface area contributed by atoms with E-state index >= 15 is 0 Å². The summed E-state index contributed by atoms with van der Waals surface area (Å²) >= 11 is 0. The SMILES string of the molecule is O=c1cc(CS(=O)(=O)O)c2cc(O)c(O)cc2o1. The molecular weight excluding hydrogens is 264 g/mol. The first-order valence-electron chi connectivity index (χ1n) is 4.70. The predicted molar refractivity (Wildman–Crippen MR) is 61.1 cm³/mol. The van der Waals surface area contributed by atoms with Crippen LogP contribution < -0.4 is 5.63 Å². The Kier molecular flexibility index (Phi) is 2.76. The Balaban J connectivity index is 2.80. The van der Waals surface area contributed by atoms with E-state index in [9.17, 15) is 23.4 Å². The molecule has 7 nitrogen and oxygen atoms in total. The summed E-state index contributed by atoms with van der Waals surface area (Å²) in [6.45, 7) is 0. The van der Waals surface area contributed by atoms with Gasteiger partial charge in [-0.25, -0.2) is 4.79 Å². The van der Waals surface area contributed by atoms with E-state index in [4.69, 9.17) is 8.97 Å². The molecule has 1 aromatic heterocycles. The van der Waals surface area contributed by atoms with Gasteiger partial charge in [0.2, 0.25) is 0 Å². The molecule has 0 saturated carbocycles. The van der Waals surface area contributed by atoms with Gasteiger partial charge in [-0.1, -0.05) is 0 Å². The third-order valence-corrected chi connectivity index (χ3v) is 2.94. The molecule has 18 heavy (non-hydrogen) atoms. The maximum Gasteiger partial charge on any atom is 0.336 e. The van der Waals surface area contributed by atoms with Crippen LogP contribution in [0.5, 0.6) is 11.5 Å². The Labute approximate surface area is 101 Å². The normalized spacial score (nSPS) is 11.8. The van der Waals surface area contributed by atoms with Crippen molar-refractivity contribution in [3.8, 4) is 11.5 Å². The zero-order valence-electron chi connectivity index (χ0n) is 8.82. The summed E-state index contributed by atoms with van der Waals surface area (Å²) in [5, 5.41) is 18.7. The minimum absolute atomic E-state index is 0.0287. The standard InChI is InChI=1S/C10H8O7S/c11-7-2-6-5(4-18(14,15)16)1-10(13)17-9(6)3-8(7)12/h1-3,11-12H,4H2,(H,14,15,16). The van der Waals surface area contributed by atoms with Crippen molar-refractivity contribution in [2.24, 2.45) is 0 Å². The highest BCUT2D eigenvalue weighted by Gasteiger charge is 2.14. The number of fused-ring (bicyclic) bond motifs is 1.